The number of methoxy groups -OCH3 is 1. The summed E-state index contributed by atoms with van der Waals surface area (Å²) in [6.07, 6.45) is 0. The molecule has 5 heteroatoms. The minimum atomic E-state index is -1.10. The zero-order valence-electron chi connectivity index (χ0n) is 69.9. The molecule has 4 nitrogen and oxygen atoms in total. The molecule has 15 rings (SSSR count). The molecule has 0 aliphatic carbocycles. The first-order valence-corrected chi connectivity index (χ1v) is 41.0. The van der Waals surface area contributed by atoms with Crippen molar-refractivity contribution in [1.82, 2.24) is 5.32 Å². The van der Waals surface area contributed by atoms with Crippen LogP contribution in [0.1, 0.15) is 99.4 Å². The summed E-state index contributed by atoms with van der Waals surface area (Å²) in [4.78, 5) is 30.9. The van der Waals surface area contributed by atoms with E-state index in [9.17, 15) is 4.79 Å². The Kier molecular flexibility index (Phi) is 22.3. The van der Waals surface area contributed by atoms with Gasteiger partial charge in [-0.3, -0.25) is 4.79 Å². The number of hydrogen-bond acceptors (Lipinski definition) is 4. The van der Waals surface area contributed by atoms with Crippen molar-refractivity contribution < 1.29 is 14.3 Å². The molecule has 1 amide bonds. The summed E-state index contributed by atoms with van der Waals surface area (Å²) in [6, 6.07) is 99.8. The molecule has 15 aromatic rings. The third-order valence-corrected chi connectivity index (χ3v) is 24.3. The van der Waals surface area contributed by atoms with E-state index in [1.165, 1.54) is 141 Å². The van der Waals surface area contributed by atoms with Gasteiger partial charge in [0.05, 0.1) is 12.7 Å². The molecule has 1 atom stereocenters. The number of thiol groups is 1. The van der Waals surface area contributed by atoms with Crippen LogP contribution in [0.3, 0.4) is 0 Å². The predicted molar refractivity (Wildman–Crippen MR) is 495 cm³/mol. The van der Waals surface area contributed by atoms with Gasteiger partial charge in [-0.15, -0.1) is 0 Å². The lowest BCUT2D eigenvalue weighted by Gasteiger charge is -2.22. The van der Waals surface area contributed by atoms with Crippen LogP contribution in [0.15, 0.2) is 273 Å². The van der Waals surface area contributed by atoms with Gasteiger partial charge in [-0.25, -0.2) is 4.79 Å². The minimum absolute atomic E-state index is 0.00716. The molecule has 0 saturated carbocycles. The van der Waals surface area contributed by atoms with Gasteiger partial charge in [-0.1, -0.05) is 164 Å². The summed E-state index contributed by atoms with van der Waals surface area (Å²) in [5.74, 6) is -1.06. The van der Waals surface area contributed by atoms with E-state index >= 15 is 4.79 Å². The van der Waals surface area contributed by atoms with Crippen LogP contribution < -0.4 is 5.32 Å². The van der Waals surface area contributed by atoms with Gasteiger partial charge in [0.2, 0.25) is 0 Å². The summed E-state index contributed by atoms with van der Waals surface area (Å²) in [5, 5.41) is 3.24. The van der Waals surface area contributed by atoms with Gasteiger partial charge in [0.15, 0.2) is 0 Å². The van der Waals surface area contributed by atoms with Gasteiger partial charge >= 0.3 is 5.97 Å². The lowest BCUT2D eigenvalue weighted by molar-refractivity contribution is -0.142. The van der Waals surface area contributed by atoms with Crippen molar-refractivity contribution in [2.75, 3.05) is 12.9 Å². The first kappa shape index (κ1) is 78.8. The third kappa shape index (κ3) is 15.5. The van der Waals surface area contributed by atoms with Crippen molar-refractivity contribution in [1.29, 1.82) is 0 Å². The standard InChI is InChI=1S/C111H101NO3S/c1-64-27-18-28-65(2)101(64)90-51-84(52-91(59-90)102-66(3)29-19-30-67(102)4)80-45-81(85-53-92(103-68(5)31-20-32-69(103)6)60-93(54-85)104-70(7)33-21-34-71(104)8)48-88(47-80)98-43-26-44-99(109(98)110(113)112-100(63-116)111(114)115-17)89-49-82(86-55-94(105-72(9)35-22-36-73(105)10)61-95(56-86)106-74(11)37-23-38-75(106)12)46-83(50-89)87-57-96(107-76(13)39-24-40-77(107)14)62-97(58-87)108-78(15)41-25-42-79(108)16/h18-62,100,116H,63H2,1-17H3,(H,112,113). The Bertz CT molecular complexity index is 5310. The van der Waals surface area contributed by atoms with Crippen LogP contribution in [0.25, 0.3) is 156 Å². The maximum absolute atomic E-state index is 16.8. The van der Waals surface area contributed by atoms with Gasteiger partial charge in [0.25, 0.3) is 5.91 Å². The lowest BCUT2D eigenvalue weighted by Crippen LogP contribution is -2.43. The highest BCUT2D eigenvalue weighted by Crippen LogP contribution is 2.48. The Morgan fingerprint density at radius 1 is 0.241 bits per heavy atom. The van der Waals surface area contributed by atoms with Gasteiger partial charge in [0, 0.05) is 5.75 Å². The van der Waals surface area contributed by atoms with E-state index in [-0.39, 0.29) is 5.75 Å². The fraction of sp³-hybridized carbons (Fsp3) is 0.171. The minimum Gasteiger partial charge on any atom is -0.467 e. The molecule has 0 bridgehead atoms. The summed E-state index contributed by atoms with van der Waals surface area (Å²) >= 11 is 4.76. The zero-order valence-corrected chi connectivity index (χ0v) is 70.8. The molecule has 0 aliphatic rings. The van der Waals surface area contributed by atoms with Crippen LogP contribution in [0.5, 0.6) is 0 Å². The molecule has 0 saturated heterocycles. The molecule has 15 aromatic carbocycles. The van der Waals surface area contributed by atoms with Crippen LogP contribution >= 0.6 is 12.6 Å². The Morgan fingerprint density at radius 2 is 0.388 bits per heavy atom. The van der Waals surface area contributed by atoms with E-state index in [2.05, 4.69) is 389 Å². The van der Waals surface area contributed by atoms with E-state index in [1.54, 1.807) is 0 Å². The number of carbonyl (C=O) groups is 2. The Balaban J connectivity index is 1.08. The van der Waals surface area contributed by atoms with Gasteiger partial charge < -0.3 is 10.1 Å². The second kappa shape index (κ2) is 32.8. The SMILES string of the molecule is COC(=O)C(CS)NC(=O)c1c(-c2cc(-c3cc(-c4c(C)cccc4C)cc(-c4c(C)cccc4C)c3)cc(-c3cc(-c4c(C)cccc4C)cc(-c4c(C)cccc4C)c3)c2)cccc1-c1cc(-c2cc(-c3c(C)cccc3C)cc(-c3c(C)cccc3C)c2)cc(-c2cc(-c3c(C)cccc3C)cc(-c3c(C)cccc3C)c2)c1. The Hall–Kier alpha value is -12.4. The van der Waals surface area contributed by atoms with Crippen molar-refractivity contribution in [3.8, 4) is 156 Å². The molecule has 1 unspecified atom stereocenters. The monoisotopic (exact) mass is 1530 g/mol. The Labute approximate surface area is 692 Å². The number of amides is 1. The normalized spacial score (nSPS) is 11.6. The van der Waals surface area contributed by atoms with Crippen LogP contribution in [0.4, 0.5) is 0 Å². The molecule has 0 heterocycles. The van der Waals surface area contributed by atoms with Crippen molar-refractivity contribution in [2.24, 2.45) is 0 Å². The molecular formula is C111H101NO3S. The highest BCUT2D eigenvalue weighted by molar-refractivity contribution is 7.80. The van der Waals surface area contributed by atoms with E-state index in [4.69, 9.17) is 17.4 Å². The van der Waals surface area contributed by atoms with Gasteiger partial charge in [0.1, 0.15) is 6.04 Å². The first-order chi connectivity index (χ1) is 55.8. The van der Waals surface area contributed by atoms with Crippen molar-refractivity contribution in [3.63, 3.8) is 0 Å². The number of hydrogen-bond donors (Lipinski definition) is 2. The maximum Gasteiger partial charge on any atom is 0.329 e. The highest BCUT2D eigenvalue weighted by atomic mass is 32.1. The second-order valence-corrected chi connectivity index (χ2v) is 32.8. The number of nitrogens with one attached hydrogen (secondary N) is 1. The summed E-state index contributed by atoms with van der Waals surface area (Å²) < 4.78 is 5.48. The highest BCUT2D eigenvalue weighted by Gasteiger charge is 2.29. The van der Waals surface area contributed by atoms with E-state index in [0.717, 1.165) is 100 Å². The van der Waals surface area contributed by atoms with E-state index in [0.29, 0.717) is 16.7 Å². The molecule has 0 radical (unpaired) electrons. The van der Waals surface area contributed by atoms with Crippen LogP contribution in [0, 0.1) is 111 Å². The average Bonchev–Trinajstić information content (AvgIpc) is 0.755. The number of benzene rings is 15. The predicted octanol–water partition coefficient (Wildman–Crippen LogP) is 29.2. The summed E-state index contributed by atoms with van der Waals surface area (Å²) in [7, 11) is 1.36. The summed E-state index contributed by atoms with van der Waals surface area (Å²) in [5.41, 5.74) is 48.5. The van der Waals surface area contributed by atoms with Crippen molar-refractivity contribution in [3.05, 3.63) is 368 Å². The fourth-order valence-electron chi connectivity index (χ4n) is 18.6. The Morgan fingerprint density at radius 3 is 0.552 bits per heavy atom. The van der Waals surface area contributed by atoms with Crippen LogP contribution in [-0.2, 0) is 9.53 Å². The first-order valence-electron chi connectivity index (χ1n) is 40.4. The summed E-state index contributed by atoms with van der Waals surface area (Å²) in [6.45, 7) is 35.3. The number of esters is 1. The largest absolute Gasteiger partial charge is 0.467 e. The van der Waals surface area contributed by atoms with Crippen LogP contribution in [-0.4, -0.2) is 30.8 Å². The van der Waals surface area contributed by atoms with Crippen LogP contribution in [0.2, 0.25) is 0 Å². The molecule has 574 valence electrons. The molecular weight excluding hydrogens is 1430 g/mol. The quantitative estimate of drug-likeness (QED) is 0.0665. The number of ether oxygens (including phenoxy) is 1. The number of aryl methyl sites for hydroxylation is 16. The molecule has 1 N–H and O–H groups in total. The van der Waals surface area contributed by atoms with Crippen molar-refractivity contribution >= 4 is 24.5 Å². The number of rotatable bonds is 18. The average molecular weight is 1530 g/mol. The van der Waals surface area contributed by atoms with Gasteiger partial charge in [-0.05, 0) is 465 Å². The third-order valence-electron chi connectivity index (χ3n) is 24.0. The zero-order chi connectivity index (χ0) is 81.7. The lowest BCUT2D eigenvalue weighted by atomic mass is 9.83. The van der Waals surface area contributed by atoms with E-state index < -0.39 is 17.9 Å². The fourth-order valence-corrected chi connectivity index (χ4v) is 18.8. The second-order valence-electron chi connectivity index (χ2n) is 32.4. The molecule has 0 spiro atoms. The van der Waals surface area contributed by atoms with Gasteiger partial charge in [-0.2, -0.15) is 12.6 Å². The molecule has 0 fully saturated rings. The smallest absolute Gasteiger partial charge is 0.329 e. The molecule has 0 aromatic heterocycles. The number of carbonyl (C=O) groups excluding carboxylic acids is 2. The van der Waals surface area contributed by atoms with Crippen molar-refractivity contribution in [2.45, 2.75) is 117 Å². The van der Waals surface area contributed by atoms with E-state index in [1.807, 2.05) is 0 Å². The maximum atomic E-state index is 16.8. The molecule has 116 heavy (non-hydrogen) atoms. The topological polar surface area (TPSA) is 55.4 Å². The molecule has 0 aliphatic heterocycles.